The molecular formula is C16H23N3S2. The Morgan fingerprint density at radius 3 is 2.90 bits per heavy atom. The lowest BCUT2D eigenvalue weighted by Gasteiger charge is -2.20. The molecule has 0 amide bonds. The highest BCUT2D eigenvalue weighted by molar-refractivity contribution is 7.15. The minimum Gasteiger partial charge on any atom is -0.341 e. The molecular weight excluding hydrogens is 298 g/mol. The number of thiazole rings is 1. The third-order valence-corrected chi connectivity index (χ3v) is 5.62. The number of nitrogens with one attached hydrogen (secondary N) is 1. The van der Waals surface area contributed by atoms with Gasteiger partial charge in [-0.15, -0.1) is 11.3 Å². The Morgan fingerprint density at radius 1 is 1.43 bits per heavy atom. The van der Waals surface area contributed by atoms with Crippen LogP contribution < -0.4 is 10.2 Å². The van der Waals surface area contributed by atoms with E-state index in [-0.39, 0.29) is 0 Å². The number of anilines is 1. The van der Waals surface area contributed by atoms with Gasteiger partial charge in [-0.1, -0.05) is 13.3 Å². The van der Waals surface area contributed by atoms with Crippen molar-refractivity contribution < 1.29 is 0 Å². The maximum absolute atomic E-state index is 4.97. The Hall–Kier alpha value is -0.910. The van der Waals surface area contributed by atoms with Gasteiger partial charge >= 0.3 is 0 Å². The first-order chi connectivity index (χ1) is 10.3. The van der Waals surface area contributed by atoms with E-state index < -0.39 is 0 Å². The standard InChI is InChI=1S/C16H23N3S2/c1-3-4-14-15(9-17-2)21-16(18-14)19(13-5-6-13)10-12-7-8-20-11-12/h7-8,11,13,17H,3-6,9-10H2,1-2H3. The summed E-state index contributed by atoms with van der Waals surface area (Å²) in [6.45, 7) is 4.17. The Bertz CT molecular complexity index is 535. The molecule has 2 heterocycles. The van der Waals surface area contributed by atoms with Crippen molar-refractivity contribution in [3.05, 3.63) is 33.0 Å². The highest BCUT2D eigenvalue weighted by atomic mass is 32.1. The molecule has 1 fully saturated rings. The molecule has 1 saturated carbocycles. The molecule has 0 aliphatic heterocycles. The first-order valence-electron chi connectivity index (χ1n) is 7.72. The summed E-state index contributed by atoms with van der Waals surface area (Å²) in [4.78, 5) is 8.90. The van der Waals surface area contributed by atoms with Crippen LogP contribution in [0, 0.1) is 0 Å². The average Bonchev–Trinajstić information content (AvgIpc) is 3.04. The normalized spacial score (nSPS) is 14.6. The minimum absolute atomic E-state index is 0.702. The van der Waals surface area contributed by atoms with E-state index in [2.05, 4.69) is 34.0 Å². The lowest BCUT2D eigenvalue weighted by Crippen LogP contribution is -2.24. The van der Waals surface area contributed by atoms with Crippen LogP contribution in [0.1, 0.15) is 42.3 Å². The average molecular weight is 322 g/mol. The molecule has 3 rings (SSSR count). The van der Waals surface area contributed by atoms with E-state index in [1.54, 1.807) is 11.3 Å². The maximum Gasteiger partial charge on any atom is 0.186 e. The number of nitrogens with zero attached hydrogens (tertiary/aromatic N) is 2. The van der Waals surface area contributed by atoms with E-state index in [0.29, 0.717) is 6.04 Å². The predicted molar refractivity (Wildman–Crippen MR) is 92.4 cm³/mol. The predicted octanol–water partition coefficient (Wildman–Crippen LogP) is 4.05. The first kappa shape index (κ1) is 15.0. The van der Waals surface area contributed by atoms with Crippen molar-refractivity contribution in [1.82, 2.24) is 10.3 Å². The third kappa shape index (κ3) is 3.65. The molecule has 3 nitrogen and oxygen atoms in total. The fourth-order valence-corrected chi connectivity index (χ4v) is 4.39. The molecule has 1 aliphatic carbocycles. The van der Waals surface area contributed by atoms with Gasteiger partial charge in [0.2, 0.25) is 0 Å². The molecule has 0 unspecified atom stereocenters. The quantitative estimate of drug-likeness (QED) is 0.795. The van der Waals surface area contributed by atoms with E-state index in [9.17, 15) is 0 Å². The van der Waals surface area contributed by atoms with Crippen LogP contribution in [0.4, 0.5) is 5.13 Å². The summed E-state index contributed by atoms with van der Waals surface area (Å²) in [6, 6.07) is 2.93. The fourth-order valence-electron chi connectivity index (χ4n) is 2.54. The Morgan fingerprint density at radius 2 is 2.29 bits per heavy atom. The van der Waals surface area contributed by atoms with Gasteiger partial charge in [-0.2, -0.15) is 11.3 Å². The molecule has 0 aromatic carbocycles. The van der Waals surface area contributed by atoms with Crippen molar-refractivity contribution >= 4 is 27.8 Å². The number of aryl methyl sites for hydroxylation is 1. The zero-order chi connectivity index (χ0) is 14.7. The van der Waals surface area contributed by atoms with Gasteiger partial charge in [0, 0.05) is 24.0 Å². The van der Waals surface area contributed by atoms with Crippen molar-refractivity contribution in [3.8, 4) is 0 Å². The van der Waals surface area contributed by atoms with Gasteiger partial charge < -0.3 is 10.2 Å². The zero-order valence-electron chi connectivity index (χ0n) is 12.8. The molecule has 2 aromatic rings. The summed E-state index contributed by atoms with van der Waals surface area (Å²) in [7, 11) is 2.01. The van der Waals surface area contributed by atoms with Crippen LogP contribution in [0.2, 0.25) is 0 Å². The number of hydrogen-bond donors (Lipinski definition) is 1. The summed E-state index contributed by atoms with van der Waals surface area (Å²) in [6.07, 6.45) is 4.88. The second-order valence-electron chi connectivity index (χ2n) is 5.64. The van der Waals surface area contributed by atoms with Crippen molar-refractivity contribution in [2.24, 2.45) is 0 Å². The van der Waals surface area contributed by atoms with E-state index in [4.69, 9.17) is 4.98 Å². The molecule has 0 saturated heterocycles. The number of hydrogen-bond acceptors (Lipinski definition) is 5. The second kappa shape index (κ2) is 6.90. The minimum atomic E-state index is 0.702. The topological polar surface area (TPSA) is 28.2 Å². The lowest BCUT2D eigenvalue weighted by atomic mass is 10.2. The fraction of sp³-hybridized carbons (Fsp3) is 0.562. The number of aromatic nitrogens is 1. The number of thiophene rings is 1. The van der Waals surface area contributed by atoms with Crippen molar-refractivity contribution in [2.75, 3.05) is 11.9 Å². The Labute approximate surface area is 135 Å². The maximum atomic E-state index is 4.97. The molecule has 0 atom stereocenters. The van der Waals surface area contributed by atoms with Gasteiger partial charge in [0.1, 0.15) is 0 Å². The SMILES string of the molecule is CCCc1nc(N(Cc2ccsc2)C2CC2)sc1CNC. The van der Waals surface area contributed by atoms with Crippen LogP contribution in [0.5, 0.6) is 0 Å². The van der Waals surface area contributed by atoms with E-state index in [0.717, 1.165) is 25.9 Å². The van der Waals surface area contributed by atoms with E-state index >= 15 is 0 Å². The van der Waals surface area contributed by atoms with Gasteiger partial charge in [-0.05, 0) is 48.7 Å². The molecule has 0 spiro atoms. The molecule has 114 valence electrons. The van der Waals surface area contributed by atoms with Gasteiger partial charge in [0.05, 0.1) is 5.69 Å². The van der Waals surface area contributed by atoms with Gasteiger partial charge in [-0.25, -0.2) is 4.98 Å². The molecule has 0 radical (unpaired) electrons. The lowest BCUT2D eigenvalue weighted by molar-refractivity contribution is 0.776. The molecule has 1 N–H and O–H groups in total. The number of rotatable bonds is 8. The van der Waals surface area contributed by atoms with Gasteiger partial charge in [-0.3, -0.25) is 0 Å². The highest BCUT2D eigenvalue weighted by Gasteiger charge is 2.31. The van der Waals surface area contributed by atoms with E-state index in [1.807, 2.05) is 18.4 Å². The van der Waals surface area contributed by atoms with Crippen molar-refractivity contribution in [2.45, 2.75) is 51.7 Å². The van der Waals surface area contributed by atoms with Crippen LogP contribution in [0.25, 0.3) is 0 Å². The van der Waals surface area contributed by atoms with E-state index in [1.165, 1.54) is 34.1 Å². The second-order valence-corrected chi connectivity index (χ2v) is 7.48. The van der Waals surface area contributed by atoms with Crippen molar-refractivity contribution in [3.63, 3.8) is 0 Å². The van der Waals surface area contributed by atoms with Crippen LogP contribution in [-0.2, 0) is 19.5 Å². The molecule has 5 heteroatoms. The molecule has 0 bridgehead atoms. The summed E-state index contributed by atoms with van der Waals surface area (Å²) < 4.78 is 0. The largest absolute Gasteiger partial charge is 0.341 e. The first-order valence-corrected chi connectivity index (χ1v) is 9.48. The van der Waals surface area contributed by atoms with Crippen LogP contribution in [0.3, 0.4) is 0 Å². The Kier molecular flexibility index (Phi) is 4.93. The molecule has 1 aliphatic rings. The van der Waals surface area contributed by atoms with Crippen molar-refractivity contribution in [1.29, 1.82) is 0 Å². The van der Waals surface area contributed by atoms with Gasteiger partial charge in [0.15, 0.2) is 5.13 Å². The van der Waals surface area contributed by atoms with Crippen LogP contribution >= 0.6 is 22.7 Å². The summed E-state index contributed by atoms with van der Waals surface area (Å²) >= 11 is 3.66. The Balaban J connectivity index is 1.83. The summed E-state index contributed by atoms with van der Waals surface area (Å²) in [5, 5.41) is 8.92. The zero-order valence-corrected chi connectivity index (χ0v) is 14.4. The molecule has 21 heavy (non-hydrogen) atoms. The monoisotopic (exact) mass is 321 g/mol. The highest BCUT2D eigenvalue weighted by Crippen LogP contribution is 2.37. The smallest absolute Gasteiger partial charge is 0.186 e. The molecule has 2 aromatic heterocycles. The van der Waals surface area contributed by atoms with Crippen LogP contribution in [-0.4, -0.2) is 18.1 Å². The third-order valence-electron chi connectivity index (χ3n) is 3.76. The summed E-state index contributed by atoms with van der Waals surface area (Å²) in [5.74, 6) is 0. The summed E-state index contributed by atoms with van der Waals surface area (Å²) in [5.41, 5.74) is 2.71. The van der Waals surface area contributed by atoms with Gasteiger partial charge in [0.25, 0.3) is 0 Å². The van der Waals surface area contributed by atoms with Crippen LogP contribution in [0.15, 0.2) is 16.8 Å².